The Morgan fingerprint density at radius 3 is 1.67 bits per heavy atom. The fourth-order valence-electron chi connectivity index (χ4n) is 0.321. The van der Waals surface area contributed by atoms with Gasteiger partial charge in [-0.2, -0.15) is 24.6 Å². The van der Waals surface area contributed by atoms with Crippen LogP contribution in [0.15, 0.2) is 30.3 Å². The van der Waals surface area contributed by atoms with Crippen molar-refractivity contribution in [3.8, 4) is 0 Å². The van der Waals surface area contributed by atoms with Gasteiger partial charge in [0.1, 0.15) is 0 Å². The van der Waals surface area contributed by atoms with Crippen molar-refractivity contribution < 1.29 is 26.2 Å². The molecule has 12 heavy (non-hydrogen) atoms. The van der Waals surface area contributed by atoms with Crippen molar-refractivity contribution in [1.29, 1.82) is 0 Å². The van der Waals surface area contributed by atoms with E-state index in [1.807, 2.05) is 30.3 Å². The molecule has 0 saturated heterocycles. The minimum Gasteiger partial charge on any atom is -0.343 e. The molecule has 0 aliphatic rings. The van der Waals surface area contributed by atoms with Crippen molar-refractivity contribution in [3.05, 3.63) is 37.3 Å². The smallest absolute Gasteiger partial charge is 0.343 e. The first kappa shape index (κ1) is 18.3. The van der Waals surface area contributed by atoms with Gasteiger partial charge in [-0.25, -0.2) is 12.1 Å². The van der Waals surface area contributed by atoms with Gasteiger partial charge >= 0.3 is 26.2 Å². The van der Waals surface area contributed by atoms with E-state index >= 15 is 0 Å². The van der Waals surface area contributed by atoms with Gasteiger partial charge in [0.15, 0.2) is 0 Å². The van der Waals surface area contributed by atoms with Crippen LogP contribution >= 0.6 is 11.6 Å². The van der Waals surface area contributed by atoms with Crippen molar-refractivity contribution in [2.24, 2.45) is 0 Å². The molecular weight excluding hydrogens is 247 g/mol. The van der Waals surface area contributed by atoms with Crippen molar-refractivity contribution in [3.63, 3.8) is 0 Å². The first-order chi connectivity index (χ1) is 5.41. The Morgan fingerprint density at radius 1 is 1.25 bits per heavy atom. The van der Waals surface area contributed by atoms with Crippen LogP contribution in [0.1, 0.15) is 19.8 Å². The molecule has 1 aromatic rings. The third-order valence-corrected chi connectivity index (χ3v) is 0.909. The molecule has 0 aromatic heterocycles. The molecule has 0 bridgehead atoms. The number of hydrogen-bond donors (Lipinski definition) is 0. The maximum absolute atomic E-state index is 4.64. The van der Waals surface area contributed by atoms with Gasteiger partial charge in [0.2, 0.25) is 0 Å². The molecule has 0 saturated carbocycles. The van der Waals surface area contributed by atoms with Crippen molar-refractivity contribution in [2.75, 3.05) is 6.38 Å². The minimum atomic E-state index is 0. The van der Waals surface area contributed by atoms with Gasteiger partial charge in [0.25, 0.3) is 0 Å². The molecule has 0 aliphatic heterocycles. The van der Waals surface area contributed by atoms with E-state index < -0.39 is 0 Å². The Bertz CT molecular complexity index is 85.4. The molecule has 0 spiro atoms. The van der Waals surface area contributed by atoms with Gasteiger partial charge in [-0.05, 0) is 0 Å². The van der Waals surface area contributed by atoms with Gasteiger partial charge < -0.3 is 6.92 Å². The third kappa shape index (κ3) is 22.4. The zero-order valence-electron chi connectivity index (χ0n) is 7.89. The SMILES string of the molecule is CCl.[CH2-]CCC.[Zr+2].c1cc[cH-]c1. The van der Waals surface area contributed by atoms with Gasteiger partial charge in [0.05, 0.1) is 0 Å². The summed E-state index contributed by atoms with van der Waals surface area (Å²) in [6.45, 7) is 5.72. The maximum atomic E-state index is 4.64. The zero-order valence-corrected chi connectivity index (χ0v) is 11.1. The Balaban J connectivity index is -0.000000107. The Morgan fingerprint density at radius 2 is 1.58 bits per heavy atom. The average Bonchev–Trinajstić information content (AvgIpc) is 2.65. The fourth-order valence-corrected chi connectivity index (χ4v) is 0.321. The number of rotatable bonds is 1. The van der Waals surface area contributed by atoms with E-state index in [0.717, 1.165) is 6.42 Å². The second-order valence-electron chi connectivity index (χ2n) is 1.82. The maximum Gasteiger partial charge on any atom is 2.00 e. The summed E-state index contributed by atoms with van der Waals surface area (Å²) in [5, 5.41) is 0. The number of unbranched alkanes of at least 4 members (excludes halogenated alkanes) is 1. The summed E-state index contributed by atoms with van der Waals surface area (Å²) < 4.78 is 0. The van der Waals surface area contributed by atoms with Crippen molar-refractivity contribution >= 4 is 11.6 Å². The van der Waals surface area contributed by atoms with Crippen molar-refractivity contribution in [1.82, 2.24) is 0 Å². The molecule has 0 radical (unpaired) electrons. The first-order valence-electron chi connectivity index (χ1n) is 3.75. The summed E-state index contributed by atoms with van der Waals surface area (Å²) in [6, 6.07) is 10.0. The third-order valence-electron chi connectivity index (χ3n) is 0.909. The van der Waals surface area contributed by atoms with Crippen LogP contribution in [0.3, 0.4) is 0 Å². The molecule has 0 unspecified atom stereocenters. The Labute approximate surface area is 101 Å². The summed E-state index contributed by atoms with van der Waals surface area (Å²) in [7, 11) is 0. The van der Waals surface area contributed by atoms with E-state index in [2.05, 4.69) is 25.4 Å². The van der Waals surface area contributed by atoms with Crippen LogP contribution in [-0.4, -0.2) is 6.38 Å². The van der Waals surface area contributed by atoms with Crippen LogP contribution in [-0.2, 0) is 26.2 Å². The summed E-state index contributed by atoms with van der Waals surface area (Å²) in [5.74, 6) is 0. The van der Waals surface area contributed by atoms with Crippen LogP contribution in [0.2, 0.25) is 0 Å². The van der Waals surface area contributed by atoms with Gasteiger partial charge in [-0.15, -0.1) is 11.6 Å². The van der Waals surface area contributed by atoms with E-state index in [4.69, 9.17) is 0 Å². The molecule has 0 fully saturated rings. The minimum absolute atomic E-state index is 0. The van der Waals surface area contributed by atoms with Crippen LogP contribution in [0, 0.1) is 6.92 Å². The second-order valence-corrected chi connectivity index (χ2v) is 1.82. The van der Waals surface area contributed by atoms with Crippen LogP contribution in [0.4, 0.5) is 0 Å². The van der Waals surface area contributed by atoms with Crippen LogP contribution in [0.25, 0.3) is 0 Å². The summed E-state index contributed by atoms with van der Waals surface area (Å²) >= 11 is 4.64. The topological polar surface area (TPSA) is 0 Å². The van der Waals surface area contributed by atoms with Crippen LogP contribution < -0.4 is 0 Å². The molecule has 0 amide bonds. The standard InChI is InChI=1S/C5H5.C4H9.CH3Cl.Zr/c1-2-4-5-3-1;1-3-4-2;1-2;/h1-5H;1,3-4H2,2H3;1H3;/q2*-1;;+2. The normalized spacial score (nSPS) is 6.33. The average molecular weight is 264 g/mol. The summed E-state index contributed by atoms with van der Waals surface area (Å²) in [4.78, 5) is 0. The molecular formula is C10H17ClZr. The molecule has 1 rings (SSSR count). The molecule has 2 heteroatoms. The molecule has 1 aromatic carbocycles. The molecule has 0 heterocycles. The predicted molar refractivity (Wildman–Crippen MR) is 54.1 cm³/mol. The molecule has 68 valence electrons. The molecule has 0 N–H and O–H groups in total. The molecule has 0 aliphatic carbocycles. The monoisotopic (exact) mass is 262 g/mol. The van der Waals surface area contributed by atoms with E-state index in [9.17, 15) is 0 Å². The van der Waals surface area contributed by atoms with E-state index in [0.29, 0.717) is 0 Å². The second kappa shape index (κ2) is 22.5. The first-order valence-corrected chi connectivity index (χ1v) is 4.51. The molecule has 0 atom stereocenters. The largest absolute Gasteiger partial charge is 2.00 e. The van der Waals surface area contributed by atoms with E-state index in [1.54, 1.807) is 0 Å². The number of alkyl halides is 1. The van der Waals surface area contributed by atoms with E-state index in [-0.39, 0.29) is 26.2 Å². The Kier molecular flexibility index (Phi) is 34.4. The number of hydrogen-bond acceptors (Lipinski definition) is 0. The predicted octanol–water partition coefficient (Wildman–Crippen LogP) is 3.88. The zero-order chi connectivity index (χ0) is 8.95. The summed E-state index contributed by atoms with van der Waals surface area (Å²) in [5.41, 5.74) is 0. The Hall–Kier alpha value is 0.523. The van der Waals surface area contributed by atoms with Crippen LogP contribution in [0.5, 0.6) is 0 Å². The number of halogens is 1. The van der Waals surface area contributed by atoms with E-state index in [1.165, 1.54) is 12.8 Å². The summed E-state index contributed by atoms with van der Waals surface area (Å²) in [6.07, 6.45) is 3.75. The van der Waals surface area contributed by atoms with Gasteiger partial charge in [-0.1, -0.05) is 13.3 Å². The van der Waals surface area contributed by atoms with Crippen molar-refractivity contribution in [2.45, 2.75) is 19.8 Å². The molecule has 0 nitrogen and oxygen atoms in total. The quantitative estimate of drug-likeness (QED) is 0.533. The fraction of sp³-hybridized carbons (Fsp3) is 0.400. The van der Waals surface area contributed by atoms with Gasteiger partial charge in [0, 0.05) is 6.38 Å². The van der Waals surface area contributed by atoms with Gasteiger partial charge in [-0.3, -0.25) is 0 Å².